The molecule has 84 valence electrons. The highest BCUT2D eigenvalue weighted by Gasteiger charge is 2.19. The van der Waals surface area contributed by atoms with Gasteiger partial charge in [-0.1, -0.05) is 12.1 Å². The molecule has 0 aliphatic rings. The van der Waals surface area contributed by atoms with E-state index in [1.807, 2.05) is 45.0 Å². The van der Waals surface area contributed by atoms with Gasteiger partial charge in [-0.05, 0) is 54.4 Å². The molecule has 0 N–H and O–H groups in total. The Bertz CT molecular complexity index is 321. The third kappa shape index (κ3) is 3.50. The summed E-state index contributed by atoms with van der Waals surface area (Å²) in [5.74, 6) is 0.849. The molecule has 0 amide bonds. The predicted octanol–water partition coefficient (Wildman–Crippen LogP) is 3.69. The Morgan fingerprint density at radius 1 is 1.33 bits per heavy atom. The monoisotopic (exact) mass is 272 g/mol. The molecule has 15 heavy (non-hydrogen) atoms. The van der Waals surface area contributed by atoms with Crippen LogP contribution in [0.3, 0.4) is 0 Å². The highest BCUT2D eigenvalue weighted by molar-refractivity contribution is 9.09. The van der Waals surface area contributed by atoms with Gasteiger partial charge in [-0.3, -0.25) is 0 Å². The SMILES string of the molecule is COC(C)(C)c1cccc(OC(C)Br)c1. The zero-order valence-electron chi connectivity index (χ0n) is 9.58. The number of ether oxygens (including phenoxy) is 2. The van der Waals surface area contributed by atoms with Gasteiger partial charge < -0.3 is 9.47 Å². The average Bonchev–Trinajstić information content (AvgIpc) is 2.17. The van der Waals surface area contributed by atoms with Crippen molar-refractivity contribution >= 4 is 15.9 Å². The zero-order valence-corrected chi connectivity index (χ0v) is 11.2. The third-order valence-corrected chi connectivity index (χ3v) is 2.52. The molecule has 1 unspecified atom stereocenters. The molecule has 0 aliphatic heterocycles. The van der Waals surface area contributed by atoms with Gasteiger partial charge in [-0.15, -0.1) is 0 Å². The molecule has 3 heteroatoms. The molecule has 0 saturated heterocycles. The van der Waals surface area contributed by atoms with Crippen LogP contribution < -0.4 is 4.74 Å². The van der Waals surface area contributed by atoms with Gasteiger partial charge in [-0.25, -0.2) is 0 Å². The van der Waals surface area contributed by atoms with Crippen molar-refractivity contribution in [2.45, 2.75) is 31.4 Å². The van der Waals surface area contributed by atoms with Crippen LogP contribution in [0.5, 0.6) is 5.75 Å². The van der Waals surface area contributed by atoms with Crippen LogP contribution in [-0.2, 0) is 10.3 Å². The van der Waals surface area contributed by atoms with E-state index in [2.05, 4.69) is 15.9 Å². The lowest BCUT2D eigenvalue weighted by Gasteiger charge is -2.24. The first kappa shape index (κ1) is 12.5. The first-order chi connectivity index (χ1) is 6.95. The van der Waals surface area contributed by atoms with Crippen molar-refractivity contribution in [1.29, 1.82) is 0 Å². The van der Waals surface area contributed by atoms with Gasteiger partial charge in [0, 0.05) is 7.11 Å². The van der Waals surface area contributed by atoms with Gasteiger partial charge >= 0.3 is 0 Å². The van der Waals surface area contributed by atoms with Crippen molar-refractivity contribution in [1.82, 2.24) is 0 Å². The number of methoxy groups -OCH3 is 1. The van der Waals surface area contributed by atoms with Crippen molar-refractivity contribution in [3.8, 4) is 5.75 Å². The molecular weight excluding hydrogens is 256 g/mol. The van der Waals surface area contributed by atoms with Gasteiger partial charge in [-0.2, -0.15) is 0 Å². The fourth-order valence-corrected chi connectivity index (χ4v) is 1.47. The summed E-state index contributed by atoms with van der Waals surface area (Å²) in [4.78, 5) is 0. The fraction of sp³-hybridized carbons (Fsp3) is 0.500. The van der Waals surface area contributed by atoms with Gasteiger partial charge in [0.25, 0.3) is 0 Å². The van der Waals surface area contributed by atoms with Crippen LogP contribution in [0.4, 0.5) is 0 Å². The lowest BCUT2D eigenvalue weighted by molar-refractivity contribution is 0.0190. The minimum Gasteiger partial charge on any atom is -0.480 e. The summed E-state index contributed by atoms with van der Waals surface area (Å²) < 4.78 is 11.0. The van der Waals surface area contributed by atoms with Crippen molar-refractivity contribution < 1.29 is 9.47 Å². The minimum atomic E-state index is -0.283. The summed E-state index contributed by atoms with van der Waals surface area (Å²) in [6.07, 6.45) is 0. The average molecular weight is 273 g/mol. The molecule has 0 fully saturated rings. The predicted molar refractivity (Wildman–Crippen MR) is 65.5 cm³/mol. The van der Waals surface area contributed by atoms with Crippen LogP contribution in [0.15, 0.2) is 24.3 Å². The number of benzene rings is 1. The van der Waals surface area contributed by atoms with Crippen LogP contribution in [0, 0.1) is 0 Å². The molecule has 0 heterocycles. The smallest absolute Gasteiger partial charge is 0.150 e. The fourth-order valence-electron chi connectivity index (χ4n) is 1.25. The van der Waals surface area contributed by atoms with E-state index in [1.165, 1.54) is 0 Å². The lowest BCUT2D eigenvalue weighted by Crippen LogP contribution is -2.19. The van der Waals surface area contributed by atoms with E-state index in [-0.39, 0.29) is 10.6 Å². The Morgan fingerprint density at radius 2 is 2.00 bits per heavy atom. The number of halogens is 1. The molecule has 0 spiro atoms. The lowest BCUT2D eigenvalue weighted by atomic mass is 9.98. The van der Waals surface area contributed by atoms with E-state index in [1.54, 1.807) is 7.11 Å². The van der Waals surface area contributed by atoms with Crippen LogP contribution in [0.2, 0.25) is 0 Å². The van der Waals surface area contributed by atoms with Crippen molar-refractivity contribution in [3.63, 3.8) is 0 Å². The number of alkyl halides is 1. The topological polar surface area (TPSA) is 18.5 Å². The summed E-state index contributed by atoms with van der Waals surface area (Å²) in [6, 6.07) is 7.95. The Morgan fingerprint density at radius 3 is 2.53 bits per heavy atom. The maximum atomic E-state index is 5.56. The quantitative estimate of drug-likeness (QED) is 0.779. The van der Waals surface area contributed by atoms with Crippen molar-refractivity contribution in [2.75, 3.05) is 7.11 Å². The van der Waals surface area contributed by atoms with E-state index in [9.17, 15) is 0 Å². The van der Waals surface area contributed by atoms with Crippen molar-refractivity contribution in [3.05, 3.63) is 29.8 Å². The Kier molecular flexibility index (Phi) is 4.17. The minimum absolute atomic E-state index is 0.0124. The van der Waals surface area contributed by atoms with Gasteiger partial charge in [0.05, 0.1) is 5.60 Å². The number of hydrogen-bond acceptors (Lipinski definition) is 2. The van der Waals surface area contributed by atoms with Gasteiger partial charge in [0.15, 0.2) is 5.01 Å². The largest absolute Gasteiger partial charge is 0.480 e. The number of hydrogen-bond donors (Lipinski definition) is 0. The first-order valence-electron chi connectivity index (χ1n) is 4.92. The van der Waals surface area contributed by atoms with Crippen LogP contribution in [0.25, 0.3) is 0 Å². The Hall–Kier alpha value is -0.540. The van der Waals surface area contributed by atoms with E-state index < -0.39 is 0 Å². The summed E-state index contributed by atoms with van der Waals surface area (Å²) in [7, 11) is 1.71. The molecule has 1 rings (SSSR count). The number of rotatable bonds is 4. The Balaban J connectivity index is 2.92. The molecule has 0 radical (unpaired) electrons. The summed E-state index contributed by atoms with van der Waals surface area (Å²) in [5, 5.41) is 0.0124. The second-order valence-corrected chi connectivity index (χ2v) is 5.19. The highest BCUT2D eigenvalue weighted by Crippen LogP contribution is 2.27. The van der Waals surface area contributed by atoms with Crippen molar-refractivity contribution in [2.24, 2.45) is 0 Å². The Labute approximate surface area is 99.7 Å². The maximum absolute atomic E-state index is 5.56. The van der Waals surface area contributed by atoms with Crippen LogP contribution in [0.1, 0.15) is 26.3 Å². The second kappa shape index (κ2) is 4.99. The summed E-state index contributed by atoms with van der Waals surface area (Å²) in [6.45, 7) is 6.00. The molecule has 1 aromatic rings. The first-order valence-corrected chi connectivity index (χ1v) is 5.83. The molecule has 1 aromatic carbocycles. The normalized spacial score (nSPS) is 13.7. The van der Waals surface area contributed by atoms with Gasteiger partial charge in [0.2, 0.25) is 0 Å². The third-order valence-electron chi connectivity index (χ3n) is 2.34. The zero-order chi connectivity index (χ0) is 11.5. The molecule has 0 saturated carbocycles. The molecular formula is C12H17BrO2. The highest BCUT2D eigenvalue weighted by atomic mass is 79.9. The molecule has 0 bridgehead atoms. The molecule has 2 nitrogen and oxygen atoms in total. The van der Waals surface area contributed by atoms with E-state index in [0.717, 1.165) is 11.3 Å². The van der Waals surface area contributed by atoms with Gasteiger partial charge in [0.1, 0.15) is 5.75 Å². The molecule has 0 aromatic heterocycles. The van der Waals surface area contributed by atoms with Crippen LogP contribution in [-0.4, -0.2) is 12.1 Å². The van der Waals surface area contributed by atoms with E-state index in [0.29, 0.717) is 0 Å². The second-order valence-electron chi connectivity index (χ2n) is 3.90. The van der Waals surface area contributed by atoms with Crippen LogP contribution >= 0.6 is 15.9 Å². The van der Waals surface area contributed by atoms with E-state index >= 15 is 0 Å². The molecule has 1 atom stereocenters. The summed E-state index contributed by atoms with van der Waals surface area (Å²) >= 11 is 3.35. The maximum Gasteiger partial charge on any atom is 0.150 e. The van der Waals surface area contributed by atoms with E-state index in [4.69, 9.17) is 9.47 Å². The summed E-state index contributed by atoms with van der Waals surface area (Å²) in [5.41, 5.74) is 0.824. The standard InChI is InChI=1S/C12H17BrO2/c1-9(13)15-11-7-5-6-10(8-11)12(2,3)14-4/h5-9H,1-4H3. The molecule has 0 aliphatic carbocycles.